The minimum Gasteiger partial charge on any atom is -0.355 e. The topological polar surface area (TPSA) is 31.4 Å². The maximum Gasteiger partial charge on any atom is 0.133 e. The Kier molecular flexibility index (Phi) is 4.22. The van der Waals surface area contributed by atoms with E-state index in [2.05, 4.69) is 28.1 Å². The molecule has 0 saturated carbocycles. The minimum atomic E-state index is 0.349. The van der Waals surface area contributed by atoms with Gasteiger partial charge in [0, 0.05) is 43.5 Å². The molecule has 4 nitrogen and oxygen atoms in total. The largest absolute Gasteiger partial charge is 0.355 e. The van der Waals surface area contributed by atoms with Gasteiger partial charge in [-0.2, -0.15) is 0 Å². The van der Waals surface area contributed by atoms with Crippen molar-refractivity contribution in [3.05, 3.63) is 23.9 Å². The summed E-state index contributed by atoms with van der Waals surface area (Å²) in [4.78, 5) is 9.88. The molecular weight excluding hydrogens is 248 g/mol. The van der Waals surface area contributed by atoms with Crippen molar-refractivity contribution in [2.75, 3.05) is 38.1 Å². The summed E-state index contributed by atoms with van der Waals surface area (Å²) in [6.07, 6.45) is 5.89. The zero-order valence-electron chi connectivity index (χ0n) is 12.7. The molecule has 2 unspecified atom stereocenters. The standard InChI is InChI=1S/C16H26N4/c1-13(17-2)15-7-3-8-18-16(15)20-11-5-10-19-9-4-6-14(19)12-20/h3,7-8,13-14,17H,4-6,9-12H2,1-2H3. The summed E-state index contributed by atoms with van der Waals surface area (Å²) in [5, 5.41) is 3.35. The molecule has 110 valence electrons. The molecule has 1 aromatic heterocycles. The van der Waals surface area contributed by atoms with Crippen LogP contribution in [0.1, 0.15) is 37.8 Å². The minimum absolute atomic E-state index is 0.349. The highest BCUT2D eigenvalue weighted by Crippen LogP contribution is 2.28. The van der Waals surface area contributed by atoms with Crippen LogP contribution in [0.2, 0.25) is 0 Å². The number of hydrogen-bond acceptors (Lipinski definition) is 4. The van der Waals surface area contributed by atoms with E-state index in [4.69, 9.17) is 4.98 Å². The Balaban J connectivity index is 1.84. The molecule has 3 rings (SSSR count). The van der Waals surface area contributed by atoms with E-state index in [9.17, 15) is 0 Å². The highest BCUT2D eigenvalue weighted by molar-refractivity contribution is 5.48. The van der Waals surface area contributed by atoms with Crippen LogP contribution in [0.5, 0.6) is 0 Å². The Morgan fingerprint density at radius 1 is 1.30 bits per heavy atom. The molecule has 2 aliphatic rings. The van der Waals surface area contributed by atoms with Crippen molar-refractivity contribution in [1.29, 1.82) is 0 Å². The first kappa shape index (κ1) is 13.8. The molecule has 0 aliphatic carbocycles. The molecule has 2 aliphatic heterocycles. The zero-order chi connectivity index (χ0) is 13.9. The van der Waals surface area contributed by atoms with E-state index in [1.54, 1.807) is 0 Å². The van der Waals surface area contributed by atoms with Crippen molar-refractivity contribution >= 4 is 5.82 Å². The molecule has 0 bridgehead atoms. The first-order valence-electron chi connectivity index (χ1n) is 7.91. The quantitative estimate of drug-likeness (QED) is 0.914. The van der Waals surface area contributed by atoms with Gasteiger partial charge in [0.05, 0.1) is 0 Å². The summed E-state index contributed by atoms with van der Waals surface area (Å²) in [6.45, 7) is 7.03. The van der Waals surface area contributed by atoms with Gasteiger partial charge in [-0.1, -0.05) is 6.07 Å². The number of anilines is 1. The van der Waals surface area contributed by atoms with Gasteiger partial charge in [-0.3, -0.25) is 4.90 Å². The third-order valence-corrected chi connectivity index (χ3v) is 4.82. The van der Waals surface area contributed by atoms with Gasteiger partial charge in [-0.25, -0.2) is 4.98 Å². The van der Waals surface area contributed by atoms with Crippen LogP contribution in [-0.2, 0) is 0 Å². The summed E-state index contributed by atoms with van der Waals surface area (Å²) in [6, 6.07) is 5.34. The number of rotatable bonds is 3. The number of hydrogen-bond donors (Lipinski definition) is 1. The van der Waals surface area contributed by atoms with Crippen LogP contribution in [0.15, 0.2) is 18.3 Å². The number of aromatic nitrogens is 1. The van der Waals surface area contributed by atoms with Gasteiger partial charge in [0.25, 0.3) is 0 Å². The van der Waals surface area contributed by atoms with Crippen LogP contribution < -0.4 is 10.2 Å². The van der Waals surface area contributed by atoms with Gasteiger partial charge >= 0.3 is 0 Å². The summed E-state index contributed by atoms with van der Waals surface area (Å²) < 4.78 is 0. The second-order valence-electron chi connectivity index (χ2n) is 6.06. The van der Waals surface area contributed by atoms with E-state index in [1.807, 2.05) is 19.3 Å². The Labute approximate surface area is 122 Å². The normalized spacial score (nSPS) is 25.3. The molecule has 2 atom stereocenters. The smallest absolute Gasteiger partial charge is 0.133 e. The zero-order valence-corrected chi connectivity index (χ0v) is 12.7. The van der Waals surface area contributed by atoms with Crippen molar-refractivity contribution in [2.45, 2.75) is 38.3 Å². The molecule has 0 amide bonds. The second-order valence-corrected chi connectivity index (χ2v) is 6.06. The highest BCUT2D eigenvalue weighted by atomic mass is 15.3. The van der Waals surface area contributed by atoms with Crippen molar-refractivity contribution in [1.82, 2.24) is 15.2 Å². The molecule has 4 heteroatoms. The van der Waals surface area contributed by atoms with E-state index in [0.29, 0.717) is 6.04 Å². The van der Waals surface area contributed by atoms with Gasteiger partial charge in [-0.05, 0) is 45.8 Å². The molecule has 0 spiro atoms. The van der Waals surface area contributed by atoms with E-state index in [1.165, 1.54) is 43.7 Å². The molecule has 1 N–H and O–H groups in total. The Bertz CT molecular complexity index is 448. The Hall–Kier alpha value is -1.13. The first-order chi connectivity index (χ1) is 9.79. The van der Waals surface area contributed by atoms with Gasteiger partial charge in [-0.15, -0.1) is 0 Å². The van der Waals surface area contributed by atoms with Crippen LogP contribution >= 0.6 is 0 Å². The second kappa shape index (κ2) is 6.10. The van der Waals surface area contributed by atoms with Crippen molar-refractivity contribution in [3.63, 3.8) is 0 Å². The summed E-state index contributed by atoms with van der Waals surface area (Å²) >= 11 is 0. The van der Waals surface area contributed by atoms with Crippen LogP contribution in [0.25, 0.3) is 0 Å². The molecular formula is C16H26N4. The number of fused-ring (bicyclic) bond motifs is 1. The summed E-state index contributed by atoms with van der Waals surface area (Å²) in [7, 11) is 2.02. The first-order valence-corrected chi connectivity index (χ1v) is 7.91. The molecule has 0 radical (unpaired) electrons. The van der Waals surface area contributed by atoms with Crippen LogP contribution in [-0.4, -0.2) is 49.2 Å². The molecule has 20 heavy (non-hydrogen) atoms. The van der Waals surface area contributed by atoms with Gasteiger partial charge in [0.15, 0.2) is 0 Å². The average molecular weight is 274 g/mol. The Morgan fingerprint density at radius 2 is 2.15 bits per heavy atom. The summed E-state index contributed by atoms with van der Waals surface area (Å²) in [5.74, 6) is 1.18. The lowest BCUT2D eigenvalue weighted by Crippen LogP contribution is -2.37. The fourth-order valence-corrected chi connectivity index (χ4v) is 3.57. The van der Waals surface area contributed by atoms with Crippen LogP contribution in [0.4, 0.5) is 5.82 Å². The van der Waals surface area contributed by atoms with Crippen molar-refractivity contribution < 1.29 is 0 Å². The lowest BCUT2D eigenvalue weighted by Gasteiger charge is -2.29. The summed E-state index contributed by atoms with van der Waals surface area (Å²) in [5.41, 5.74) is 1.32. The lowest BCUT2D eigenvalue weighted by molar-refractivity contribution is 0.273. The van der Waals surface area contributed by atoms with E-state index < -0.39 is 0 Å². The third-order valence-electron chi connectivity index (χ3n) is 4.82. The van der Waals surface area contributed by atoms with Gasteiger partial charge in [0.2, 0.25) is 0 Å². The maximum absolute atomic E-state index is 4.69. The molecule has 2 saturated heterocycles. The highest BCUT2D eigenvalue weighted by Gasteiger charge is 2.30. The number of nitrogens with zero attached hydrogens (tertiary/aromatic N) is 3. The van der Waals surface area contributed by atoms with Crippen LogP contribution in [0.3, 0.4) is 0 Å². The molecule has 1 aromatic rings. The third kappa shape index (κ3) is 2.67. The van der Waals surface area contributed by atoms with E-state index in [0.717, 1.165) is 19.1 Å². The fourth-order valence-electron chi connectivity index (χ4n) is 3.57. The van der Waals surface area contributed by atoms with Crippen LogP contribution in [0, 0.1) is 0 Å². The monoisotopic (exact) mass is 274 g/mol. The predicted octanol–water partition coefficient (Wildman–Crippen LogP) is 2.04. The SMILES string of the molecule is CNC(C)c1cccnc1N1CCCN2CCCC2C1. The van der Waals surface area contributed by atoms with Crippen molar-refractivity contribution in [2.24, 2.45) is 0 Å². The number of pyridine rings is 1. The maximum atomic E-state index is 4.69. The molecule has 0 aromatic carbocycles. The number of nitrogens with one attached hydrogen (secondary N) is 1. The van der Waals surface area contributed by atoms with Gasteiger partial charge < -0.3 is 10.2 Å². The average Bonchev–Trinajstić information content (AvgIpc) is 2.83. The fraction of sp³-hybridized carbons (Fsp3) is 0.688. The molecule has 3 heterocycles. The van der Waals surface area contributed by atoms with Gasteiger partial charge in [0.1, 0.15) is 5.82 Å². The van der Waals surface area contributed by atoms with E-state index in [-0.39, 0.29) is 0 Å². The predicted molar refractivity (Wildman–Crippen MR) is 83.1 cm³/mol. The molecule has 2 fully saturated rings. The lowest BCUT2D eigenvalue weighted by atomic mass is 10.1. The van der Waals surface area contributed by atoms with Crippen molar-refractivity contribution in [3.8, 4) is 0 Å². The Morgan fingerprint density at radius 3 is 3.00 bits per heavy atom. The van der Waals surface area contributed by atoms with E-state index >= 15 is 0 Å².